The Hall–Kier alpha value is -3.21. The lowest BCUT2D eigenvalue weighted by atomic mass is 9.57. The van der Waals surface area contributed by atoms with E-state index in [1.807, 2.05) is 0 Å². The summed E-state index contributed by atoms with van der Waals surface area (Å²) in [5.74, 6) is -4.84. The van der Waals surface area contributed by atoms with Crippen LogP contribution in [0.5, 0.6) is 5.75 Å². The number of Topliss-reactive ketones (excluding diaryl/α,β-unsaturated/α-hetero) is 1. The molecule has 10 heteroatoms. The number of hydrogen-bond donors (Lipinski definition) is 5. The molecule has 5 rings (SSSR count). The number of aromatic hydroxyl groups is 1. The minimum absolute atomic E-state index is 0.0116. The van der Waals surface area contributed by atoms with Crippen LogP contribution in [-0.2, 0) is 17.8 Å². The van der Waals surface area contributed by atoms with Crippen molar-refractivity contribution in [2.45, 2.75) is 63.6 Å². The number of allylic oxidation sites excluding steroid dienone is 1. The third kappa shape index (κ3) is 4.66. The Balaban J connectivity index is 1.58. The van der Waals surface area contributed by atoms with E-state index in [2.05, 4.69) is 18.4 Å². The van der Waals surface area contributed by atoms with E-state index in [9.17, 15) is 30.0 Å². The van der Waals surface area contributed by atoms with Gasteiger partial charge in [-0.05, 0) is 70.6 Å². The van der Waals surface area contributed by atoms with Gasteiger partial charge >= 0.3 is 0 Å². The van der Waals surface area contributed by atoms with Gasteiger partial charge < -0.3 is 26.2 Å². The fourth-order valence-electron chi connectivity index (χ4n) is 7.16. The van der Waals surface area contributed by atoms with Gasteiger partial charge in [0.05, 0.1) is 17.2 Å². The number of ketones is 1. The van der Waals surface area contributed by atoms with E-state index in [0.717, 1.165) is 38.8 Å². The first-order valence-corrected chi connectivity index (χ1v) is 14.4. The van der Waals surface area contributed by atoms with Gasteiger partial charge in [-0.1, -0.05) is 19.9 Å². The number of fused-ring (bicyclic) bond motifs is 3. The molecule has 0 unspecified atom stereocenters. The van der Waals surface area contributed by atoms with E-state index in [1.165, 1.54) is 6.07 Å². The predicted molar refractivity (Wildman–Crippen MR) is 151 cm³/mol. The van der Waals surface area contributed by atoms with Crippen molar-refractivity contribution in [3.8, 4) is 5.75 Å². The quantitative estimate of drug-likeness (QED) is 0.305. The lowest BCUT2D eigenvalue weighted by Gasteiger charge is -2.52. The number of phenolic OH excluding ortho intramolecular Hbond substituents is 1. The van der Waals surface area contributed by atoms with Crippen LogP contribution >= 0.6 is 0 Å². The summed E-state index contributed by atoms with van der Waals surface area (Å²) < 4.78 is 16.1. The highest BCUT2D eigenvalue weighted by Gasteiger charge is 2.60. The molecular formula is C31H40FN3O6. The van der Waals surface area contributed by atoms with Gasteiger partial charge in [-0.2, -0.15) is 0 Å². The molecule has 0 spiro atoms. The smallest absolute Gasteiger partial charge is 0.252 e. The summed E-state index contributed by atoms with van der Waals surface area (Å²) in [6.07, 6.45) is 4.39. The van der Waals surface area contributed by atoms with Crippen LogP contribution in [0.3, 0.4) is 0 Å². The summed E-state index contributed by atoms with van der Waals surface area (Å²) in [7, 11) is 3.28. The predicted octanol–water partition coefficient (Wildman–Crippen LogP) is 3.26. The number of amides is 1. The van der Waals surface area contributed by atoms with E-state index in [-0.39, 0.29) is 46.6 Å². The fraction of sp³-hybridized carbons (Fsp3) is 0.548. The van der Waals surface area contributed by atoms with Gasteiger partial charge in [0.15, 0.2) is 11.4 Å². The number of carbonyl (C=O) groups is 2. The number of carbonyl (C=O) groups excluding carboxylic acids is 2. The number of likely N-dealkylation sites (N-methyl/N-ethyl adjacent to an activating group) is 1. The molecule has 0 heterocycles. The third-order valence-corrected chi connectivity index (χ3v) is 9.35. The summed E-state index contributed by atoms with van der Waals surface area (Å²) in [5.41, 5.74) is 2.55. The first-order chi connectivity index (χ1) is 19.3. The average Bonchev–Trinajstić information content (AvgIpc) is 3.71. The van der Waals surface area contributed by atoms with Crippen molar-refractivity contribution in [2.24, 2.45) is 23.5 Å². The maximum Gasteiger partial charge on any atom is 0.252 e. The Kier molecular flexibility index (Phi) is 7.55. The lowest BCUT2D eigenvalue weighted by molar-refractivity contribution is -0.115. The van der Waals surface area contributed by atoms with Gasteiger partial charge in [-0.3, -0.25) is 19.4 Å². The second kappa shape index (κ2) is 10.6. The number of hydrogen-bond acceptors (Lipinski definition) is 8. The van der Waals surface area contributed by atoms with Gasteiger partial charge in [0.25, 0.3) is 5.91 Å². The first kappa shape index (κ1) is 29.3. The van der Waals surface area contributed by atoms with Crippen molar-refractivity contribution in [2.75, 3.05) is 27.2 Å². The maximum absolute atomic E-state index is 16.1. The van der Waals surface area contributed by atoms with E-state index in [4.69, 9.17) is 5.73 Å². The molecule has 0 aliphatic heterocycles. The largest absolute Gasteiger partial charge is 0.510 e. The van der Waals surface area contributed by atoms with E-state index >= 15 is 4.39 Å². The zero-order chi connectivity index (χ0) is 30.0. The molecule has 0 radical (unpaired) electrons. The number of aliphatic hydroxyl groups is 3. The van der Waals surface area contributed by atoms with Crippen molar-refractivity contribution >= 4 is 11.7 Å². The molecule has 41 heavy (non-hydrogen) atoms. The molecule has 6 N–H and O–H groups in total. The highest BCUT2D eigenvalue weighted by Crippen LogP contribution is 2.55. The molecule has 1 aromatic rings. The first-order valence-electron chi connectivity index (χ1n) is 14.4. The highest BCUT2D eigenvalue weighted by atomic mass is 19.1. The van der Waals surface area contributed by atoms with Crippen molar-refractivity contribution in [3.05, 3.63) is 63.4 Å². The summed E-state index contributed by atoms with van der Waals surface area (Å²) >= 11 is 0. The molecule has 4 atom stereocenters. The van der Waals surface area contributed by atoms with Crippen LogP contribution in [0.15, 0.2) is 40.9 Å². The number of rotatable bonds is 9. The summed E-state index contributed by atoms with van der Waals surface area (Å²) in [5, 5.41) is 45.5. The molecule has 222 valence electrons. The van der Waals surface area contributed by atoms with Crippen molar-refractivity contribution in [1.29, 1.82) is 0 Å². The molecule has 0 saturated heterocycles. The molecule has 1 aromatic carbocycles. The monoisotopic (exact) mass is 569 g/mol. The minimum Gasteiger partial charge on any atom is -0.510 e. The Morgan fingerprint density at radius 1 is 1.24 bits per heavy atom. The number of halogens is 1. The number of nitrogens with two attached hydrogens (primary N) is 1. The van der Waals surface area contributed by atoms with Crippen LogP contribution in [0, 0.1) is 23.6 Å². The van der Waals surface area contributed by atoms with E-state index in [0.29, 0.717) is 18.0 Å². The molecule has 1 amide bonds. The van der Waals surface area contributed by atoms with Crippen molar-refractivity contribution in [3.63, 3.8) is 0 Å². The number of benzene rings is 1. The zero-order valence-electron chi connectivity index (χ0n) is 23.9. The normalized spacial score (nSPS) is 27.8. The van der Waals surface area contributed by atoms with Gasteiger partial charge in [-0.25, -0.2) is 4.39 Å². The lowest BCUT2D eigenvalue weighted by Crippen LogP contribution is -2.60. The molecule has 0 aromatic heterocycles. The van der Waals surface area contributed by atoms with Crippen LogP contribution in [0.1, 0.15) is 60.5 Å². The average molecular weight is 570 g/mol. The van der Waals surface area contributed by atoms with Gasteiger partial charge in [0, 0.05) is 41.3 Å². The Bertz CT molecular complexity index is 1380. The number of primary amides is 1. The minimum atomic E-state index is -2.28. The molecule has 9 nitrogen and oxygen atoms in total. The Labute approximate surface area is 239 Å². The van der Waals surface area contributed by atoms with Crippen molar-refractivity contribution < 1.29 is 34.4 Å². The van der Waals surface area contributed by atoms with E-state index in [1.54, 1.807) is 19.0 Å². The molecular weight excluding hydrogens is 529 g/mol. The summed E-state index contributed by atoms with van der Waals surface area (Å²) in [4.78, 5) is 29.9. The zero-order valence-corrected chi connectivity index (χ0v) is 23.9. The molecule has 1 fully saturated rings. The number of nitrogens with zero attached hydrogens (tertiary/aromatic N) is 2. The third-order valence-electron chi connectivity index (χ3n) is 9.35. The second-order valence-electron chi connectivity index (χ2n) is 12.4. The van der Waals surface area contributed by atoms with Crippen LogP contribution in [0.25, 0.3) is 0 Å². The van der Waals surface area contributed by atoms with Gasteiger partial charge in [0.2, 0.25) is 0 Å². The number of unbranched alkanes of at least 4 members (excludes halogenated alkanes) is 1. The topological polar surface area (TPSA) is 148 Å². The van der Waals surface area contributed by atoms with Gasteiger partial charge in [-0.15, -0.1) is 0 Å². The summed E-state index contributed by atoms with van der Waals surface area (Å²) in [6.45, 7) is 7.88. The van der Waals surface area contributed by atoms with E-state index < -0.39 is 52.3 Å². The second-order valence-corrected chi connectivity index (χ2v) is 12.4. The molecule has 1 saturated carbocycles. The number of phenols is 1. The standard InChI is InChI=1S/C31H40FN3O6/c1-5-6-9-35(13-16-7-8-16)14-18-12-21(36)24-19(25(18)32)10-17-11-20-26(34(3)4)28(38)22(30(33)40)15(2)31(20,41)29(39)23(17)27(24)37/h12,16-17,20,26,36,38-39,41H,2,5-11,13-14H2,1,3-4H3,(H2,33,40)/t17-,20-,26-,31-/m0/s1. The van der Waals surface area contributed by atoms with Crippen LogP contribution in [-0.4, -0.2) is 80.7 Å². The fourth-order valence-corrected chi connectivity index (χ4v) is 7.16. The highest BCUT2D eigenvalue weighted by molar-refractivity contribution is 6.13. The summed E-state index contributed by atoms with van der Waals surface area (Å²) in [6, 6.07) is 0.358. The molecule has 0 bridgehead atoms. The van der Waals surface area contributed by atoms with Crippen LogP contribution < -0.4 is 5.73 Å². The maximum atomic E-state index is 16.1. The van der Waals surface area contributed by atoms with Crippen LogP contribution in [0.2, 0.25) is 0 Å². The van der Waals surface area contributed by atoms with Crippen LogP contribution in [0.4, 0.5) is 4.39 Å². The number of aliphatic hydroxyl groups excluding tert-OH is 2. The van der Waals surface area contributed by atoms with Crippen molar-refractivity contribution in [1.82, 2.24) is 9.80 Å². The SMILES string of the molecule is C=C1C(C(N)=O)=C(O)[C@@H](N(C)C)[C@@H]2C[C@@H]3Cc4c(F)c(CN(CCCC)CC5CC5)cc(O)c4C(=O)C3=C(O)[C@]12O. The molecule has 4 aliphatic carbocycles. The van der Waals surface area contributed by atoms with Gasteiger partial charge in [0.1, 0.15) is 23.1 Å². The Morgan fingerprint density at radius 2 is 1.93 bits per heavy atom. The Morgan fingerprint density at radius 3 is 2.51 bits per heavy atom. The molecule has 4 aliphatic rings.